The number of benzene rings is 2. The van der Waals surface area contributed by atoms with Gasteiger partial charge in [0.05, 0.1) is 10.9 Å². The Hall–Kier alpha value is -2.46. The molecule has 194 valence electrons. The molecule has 4 fully saturated rings. The van der Waals surface area contributed by atoms with E-state index in [0.717, 1.165) is 35.1 Å². The first-order valence-electron chi connectivity index (χ1n) is 14.0. The van der Waals surface area contributed by atoms with Crippen molar-refractivity contribution in [1.29, 1.82) is 0 Å². The van der Waals surface area contributed by atoms with Gasteiger partial charge in [0.15, 0.2) is 21.6 Å². The van der Waals surface area contributed by atoms with Crippen LogP contribution in [0.1, 0.15) is 56.6 Å². The van der Waals surface area contributed by atoms with E-state index in [0.29, 0.717) is 17.1 Å². The summed E-state index contributed by atoms with van der Waals surface area (Å²) in [5.41, 5.74) is 1.84. The van der Waals surface area contributed by atoms with Crippen LogP contribution in [0, 0.1) is 37.5 Å². The summed E-state index contributed by atoms with van der Waals surface area (Å²) in [7, 11) is -0.0773. The molecule has 0 radical (unpaired) electrons. The molecule has 5 aliphatic carbocycles. The molecule has 0 N–H and O–H groups in total. The highest BCUT2D eigenvalue weighted by Crippen LogP contribution is 2.59. The van der Waals surface area contributed by atoms with Gasteiger partial charge in [-0.3, -0.25) is 0 Å². The highest BCUT2D eigenvalue weighted by molar-refractivity contribution is 7.97. The number of aryl methyl sites for hydroxylation is 2. The summed E-state index contributed by atoms with van der Waals surface area (Å²) in [6, 6.07) is 15.3. The molecule has 2 unspecified atom stereocenters. The van der Waals surface area contributed by atoms with E-state index < -0.39 is 0 Å². The standard InChI is InChI=1S/C33H39O3S/c1-22-14-30(37(28-10-6-4-7-11-28)29-12-8-5-9-13-29)15-23(2)32(22)35-21-31(34)36-33(3)26-17-24-16-25(19-26)20-27(33)18-24/h4-12,14-15,24-27,29H,13,16-21H2,1-3H3/q+1. The molecule has 0 aromatic heterocycles. The van der Waals surface area contributed by atoms with Crippen molar-refractivity contribution in [2.75, 3.05) is 6.61 Å². The number of rotatable bonds is 7. The van der Waals surface area contributed by atoms with Crippen LogP contribution in [-0.4, -0.2) is 23.4 Å². The molecular formula is C33H39O3S+. The Bertz CT molecular complexity index is 1160. The minimum atomic E-state index is -0.312. The summed E-state index contributed by atoms with van der Waals surface area (Å²) in [6.45, 7) is 6.37. The van der Waals surface area contributed by atoms with E-state index >= 15 is 0 Å². The molecule has 3 nitrogen and oxygen atoms in total. The minimum Gasteiger partial charge on any atom is -0.481 e. The Morgan fingerprint density at radius 3 is 2.16 bits per heavy atom. The number of hydrogen-bond donors (Lipinski definition) is 0. The SMILES string of the molecule is Cc1cc([S+](c2ccccc2)C2C=CC=CC2)cc(C)c1OCC(=O)OC1(C)C2CC3CC(C2)CC1C3. The molecule has 7 rings (SSSR count). The zero-order valence-corrected chi connectivity index (χ0v) is 23.1. The van der Waals surface area contributed by atoms with Crippen molar-refractivity contribution in [3.8, 4) is 5.75 Å². The van der Waals surface area contributed by atoms with Crippen molar-refractivity contribution in [2.24, 2.45) is 23.7 Å². The Kier molecular flexibility index (Phi) is 6.73. The van der Waals surface area contributed by atoms with Crippen molar-refractivity contribution in [2.45, 2.75) is 79.9 Å². The molecule has 5 aliphatic rings. The van der Waals surface area contributed by atoms with Crippen molar-refractivity contribution in [1.82, 2.24) is 0 Å². The molecule has 0 aliphatic heterocycles. The first kappa shape index (κ1) is 24.9. The molecule has 0 saturated heterocycles. The predicted octanol–water partition coefficient (Wildman–Crippen LogP) is 7.36. The van der Waals surface area contributed by atoms with Gasteiger partial charge in [0, 0.05) is 18.6 Å². The molecule has 4 saturated carbocycles. The van der Waals surface area contributed by atoms with Crippen LogP contribution < -0.4 is 4.74 Å². The smallest absolute Gasteiger partial charge is 0.344 e. The summed E-state index contributed by atoms with van der Waals surface area (Å²) in [5, 5.41) is 0.440. The second-order valence-electron chi connectivity index (χ2n) is 11.9. The van der Waals surface area contributed by atoms with E-state index in [1.54, 1.807) is 0 Å². The quantitative estimate of drug-likeness (QED) is 0.285. The third-order valence-electron chi connectivity index (χ3n) is 9.36. The van der Waals surface area contributed by atoms with Crippen molar-refractivity contribution < 1.29 is 14.3 Å². The summed E-state index contributed by atoms with van der Waals surface area (Å²) in [5.74, 6) is 3.35. The summed E-state index contributed by atoms with van der Waals surface area (Å²) < 4.78 is 12.4. The molecule has 0 spiro atoms. The fourth-order valence-corrected chi connectivity index (χ4v) is 10.3. The summed E-state index contributed by atoms with van der Waals surface area (Å²) in [4.78, 5) is 15.7. The highest BCUT2D eigenvalue weighted by atomic mass is 32.2. The monoisotopic (exact) mass is 515 g/mol. The molecule has 2 atom stereocenters. The Morgan fingerprint density at radius 2 is 1.57 bits per heavy atom. The van der Waals surface area contributed by atoms with Gasteiger partial charge in [-0.05, 0) is 106 Å². The normalized spacial score (nSPS) is 32.4. The first-order chi connectivity index (χ1) is 17.9. The lowest BCUT2D eigenvalue weighted by molar-refractivity contribution is -0.204. The maximum atomic E-state index is 13.0. The lowest BCUT2D eigenvalue weighted by atomic mass is 9.50. The average Bonchev–Trinajstić information content (AvgIpc) is 2.88. The van der Waals surface area contributed by atoms with Crippen molar-refractivity contribution in [3.05, 3.63) is 77.9 Å². The third kappa shape index (κ3) is 4.78. The van der Waals surface area contributed by atoms with E-state index in [-0.39, 0.29) is 29.1 Å². The summed E-state index contributed by atoms with van der Waals surface area (Å²) in [6.07, 6.45) is 16.3. The molecule has 37 heavy (non-hydrogen) atoms. The van der Waals surface area contributed by atoms with E-state index in [2.05, 4.69) is 87.5 Å². The number of allylic oxidation sites excluding steroid dienone is 3. The highest BCUT2D eigenvalue weighted by Gasteiger charge is 2.57. The van der Waals surface area contributed by atoms with Crippen LogP contribution in [0.3, 0.4) is 0 Å². The number of ether oxygens (including phenoxy) is 2. The third-order valence-corrected chi connectivity index (χ3v) is 11.8. The second-order valence-corrected chi connectivity index (χ2v) is 14.1. The molecule has 0 heterocycles. The first-order valence-corrected chi connectivity index (χ1v) is 15.3. The maximum absolute atomic E-state index is 13.0. The largest absolute Gasteiger partial charge is 0.481 e. The van der Waals surface area contributed by atoms with Gasteiger partial charge in [0.25, 0.3) is 0 Å². The molecular weight excluding hydrogens is 476 g/mol. The minimum absolute atomic E-state index is 0.0243. The van der Waals surface area contributed by atoms with Gasteiger partial charge in [-0.15, -0.1) is 0 Å². The second kappa shape index (κ2) is 10.0. The lowest BCUT2D eigenvalue weighted by Gasteiger charge is -2.59. The molecule has 0 amide bonds. The van der Waals surface area contributed by atoms with Gasteiger partial charge < -0.3 is 9.47 Å². The number of esters is 1. The van der Waals surface area contributed by atoms with Crippen molar-refractivity contribution >= 4 is 16.9 Å². The van der Waals surface area contributed by atoms with E-state index in [9.17, 15) is 4.79 Å². The lowest BCUT2D eigenvalue weighted by Crippen LogP contribution is -2.58. The van der Waals surface area contributed by atoms with Gasteiger partial charge >= 0.3 is 5.97 Å². The number of carbonyl (C=O) groups is 1. The fourth-order valence-electron chi connectivity index (χ4n) is 7.74. The Balaban J connectivity index is 1.17. The van der Waals surface area contributed by atoms with Crippen LogP contribution >= 0.6 is 0 Å². The topological polar surface area (TPSA) is 35.5 Å². The zero-order valence-electron chi connectivity index (χ0n) is 22.3. The summed E-state index contributed by atoms with van der Waals surface area (Å²) >= 11 is 0. The van der Waals surface area contributed by atoms with Crippen LogP contribution in [-0.2, 0) is 20.4 Å². The van der Waals surface area contributed by atoms with Gasteiger partial charge in [-0.1, -0.05) is 36.4 Å². The fraction of sp³-hybridized carbons (Fsp3) is 0.485. The zero-order chi connectivity index (χ0) is 25.6. The van der Waals surface area contributed by atoms with Gasteiger partial charge in [0.2, 0.25) is 0 Å². The molecule has 2 aromatic rings. The molecule has 2 aromatic carbocycles. The van der Waals surface area contributed by atoms with E-state index in [1.807, 2.05) is 0 Å². The maximum Gasteiger partial charge on any atom is 0.344 e. The van der Waals surface area contributed by atoms with Crippen LogP contribution in [0.4, 0.5) is 0 Å². The van der Waals surface area contributed by atoms with Crippen LogP contribution in [0.25, 0.3) is 0 Å². The van der Waals surface area contributed by atoms with E-state index in [4.69, 9.17) is 9.47 Å². The Morgan fingerprint density at radius 1 is 0.919 bits per heavy atom. The molecule has 4 heteroatoms. The predicted molar refractivity (Wildman–Crippen MR) is 150 cm³/mol. The number of hydrogen-bond acceptors (Lipinski definition) is 3. The van der Waals surface area contributed by atoms with Gasteiger partial charge in [-0.25, -0.2) is 4.79 Å². The molecule has 4 bridgehead atoms. The number of carbonyl (C=O) groups excluding carboxylic acids is 1. The van der Waals surface area contributed by atoms with E-state index in [1.165, 1.54) is 41.9 Å². The average molecular weight is 516 g/mol. The van der Waals surface area contributed by atoms with Crippen LogP contribution in [0.15, 0.2) is 76.6 Å². The van der Waals surface area contributed by atoms with Crippen molar-refractivity contribution in [3.63, 3.8) is 0 Å². The van der Waals surface area contributed by atoms with Gasteiger partial charge in [-0.2, -0.15) is 0 Å². The van der Waals surface area contributed by atoms with Gasteiger partial charge in [0.1, 0.15) is 11.4 Å². The van der Waals surface area contributed by atoms with Crippen LogP contribution in [0.5, 0.6) is 5.75 Å². The Labute approximate surface area is 224 Å². The van der Waals surface area contributed by atoms with Crippen LogP contribution in [0.2, 0.25) is 0 Å².